The highest BCUT2D eigenvalue weighted by Crippen LogP contribution is 2.20. The summed E-state index contributed by atoms with van der Waals surface area (Å²) >= 11 is 0. The topological polar surface area (TPSA) is 70.7 Å². The summed E-state index contributed by atoms with van der Waals surface area (Å²) in [6, 6.07) is 13.1. The molecule has 0 saturated heterocycles. The van der Waals surface area contributed by atoms with E-state index in [9.17, 15) is 4.79 Å². The van der Waals surface area contributed by atoms with E-state index in [1.807, 2.05) is 42.6 Å². The highest BCUT2D eigenvalue weighted by Gasteiger charge is 2.11. The van der Waals surface area contributed by atoms with Gasteiger partial charge in [0.05, 0.1) is 22.1 Å². The number of benzene rings is 2. The van der Waals surface area contributed by atoms with Gasteiger partial charge in [-0.2, -0.15) is 0 Å². The molecule has 0 atom stereocenters. The average molecular weight is 288 g/mol. The fraction of sp³-hybridized carbons (Fsp3) is 0. The van der Waals surface area contributed by atoms with Gasteiger partial charge in [-0.15, -0.1) is 0 Å². The van der Waals surface area contributed by atoms with Gasteiger partial charge in [-0.1, -0.05) is 12.1 Å². The molecule has 5 nitrogen and oxygen atoms in total. The van der Waals surface area contributed by atoms with Gasteiger partial charge in [0.15, 0.2) is 0 Å². The quantitative estimate of drug-likeness (QED) is 0.594. The highest BCUT2D eigenvalue weighted by molar-refractivity contribution is 6.12. The van der Waals surface area contributed by atoms with Crippen LogP contribution in [0, 0.1) is 0 Å². The van der Waals surface area contributed by atoms with Crippen molar-refractivity contribution in [1.29, 1.82) is 0 Å². The van der Waals surface area contributed by atoms with E-state index in [0.29, 0.717) is 11.3 Å². The van der Waals surface area contributed by atoms with Gasteiger partial charge in [-0.25, -0.2) is 0 Å². The molecule has 4 aromatic rings. The molecule has 22 heavy (non-hydrogen) atoms. The number of hydrogen-bond acceptors (Lipinski definition) is 3. The summed E-state index contributed by atoms with van der Waals surface area (Å²) in [7, 11) is 0. The number of H-pyrrole nitrogens is 1. The molecule has 106 valence electrons. The van der Waals surface area contributed by atoms with E-state index >= 15 is 0 Å². The molecule has 0 radical (unpaired) electrons. The molecule has 2 aromatic carbocycles. The molecule has 0 aliphatic rings. The van der Waals surface area contributed by atoms with Crippen molar-refractivity contribution in [3.8, 4) is 0 Å². The number of anilines is 1. The molecule has 0 unspecified atom stereocenters. The number of aromatic amines is 1. The maximum atomic E-state index is 12.5. The van der Waals surface area contributed by atoms with Gasteiger partial charge in [0.1, 0.15) is 0 Å². The van der Waals surface area contributed by atoms with Crippen LogP contribution < -0.4 is 5.32 Å². The standard InChI is InChI=1S/C17H12N4O/c22-17(13-3-1-2-11-6-7-20-16(11)13)21-12-4-5-14-15(10-12)19-9-8-18-14/h1-10,20H,(H,21,22). The Morgan fingerprint density at radius 3 is 2.77 bits per heavy atom. The number of carbonyl (C=O) groups is 1. The summed E-state index contributed by atoms with van der Waals surface area (Å²) in [5.74, 6) is -0.156. The van der Waals surface area contributed by atoms with Crippen molar-refractivity contribution in [2.45, 2.75) is 0 Å². The van der Waals surface area contributed by atoms with Gasteiger partial charge in [-0.05, 0) is 30.3 Å². The van der Waals surface area contributed by atoms with Crippen LogP contribution in [0.3, 0.4) is 0 Å². The number of fused-ring (bicyclic) bond motifs is 2. The predicted octanol–water partition coefficient (Wildman–Crippen LogP) is 3.36. The molecule has 2 heterocycles. The summed E-state index contributed by atoms with van der Waals surface area (Å²) in [6.07, 6.45) is 5.10. The molecule has 0 fully saturated rings. The van der Waals surface area contributed by atoms with Gasteiger partial charge in [0.25, 0.3) is 5.91 Å². The average Bonchev–Trinajstić information content (AvgIpc) is 3.03. The largest absolute Gasteiger partial charge is 0.361 e. The zero-order chi connectivity index (χ0) is 14.9. The van der Waals surface area contributed by atoms with Crippen LogP contribution >= 0.6 is 0 Å². The molecule has 0 spiro atoms. The maximum absolute atomic E-state index is 12.5. The normalized spacial score (nSPS) is 10.9. The number of hydrogen-bond donors (Lipinski definition) is 2. The first-order valence-corrected chi connectivity index (χ1v) is 6.89. The Hall–Kier alpha value is -3.21. The van der Waals surface area contributed by atoms with E-state index in [4.69, 9.17) is 0 Å². The predicted molar refractivity (Wildman–Crippen MR) is 85.8 cm³/mol. The molecule has 0 bridgehead atoms. The molecule has 1 amide bonds. The SMILES string of the molecule is O=C(Nc1ccc2nccnc2c1)c1cccc2cc[nH]c12. The highest BCUT2D eigenvalue weighted by atomic mass is 16.1. The second-order valence-electron chi connectivity index (χ2n) is 4.96. The minimum Gasteiger partial charge on any atom is -0.361 e. The van der Waals surface area contributed by atoms with Crippen molar-refractivity contribution in [2.75, 3.05) is 5.32 Å². The van der Waals surface area contributed by atoms with Gasteiger partial charge in [0.2, 0.25) is 0 Å². The maximum Gasteiger partial charge on any atom is 0.257 e. The lowest BCUT2D eigenvalue weighted by atomic mass is 10.1. The Morgan fingerprint density at radius 2 is 1.86 bits per heavy atom. The first-order chi connectivity index (χ1) is 10.8. The third-order valence-electron chi connectivity index (χ3n) is 3.56. The van der Waals surface area contributed by atoms with Crippen LogP contribution in [0.2, 0.25) is 0 Å². The third kappa shape index (κ3) is 2.09. The first-order valence-electron chi connectivity index (χ1n) is 6.89. The van der Waals surface area contributed by atoms with Gasteiger partial charge >= 0.3 is 0 Å². The van der Waals surface area contributed by atoms with Crippen LogP contribution in [0.4, 0.5) is 5.69 Å². The fourth-order valence-corrected chi connectivity index (χ4v) is 2.51. The van der Waals surface area contributed by atoms with Crippen molar-refractivity contribution in [2.24, 2.45) is 0 Å². The number of aromatic nitrogens is 3. The number of amides is 1. The van der Waals surface area contributed by atoms with E-state index < -0.39 is 0 Å². The first kappa shape index (κ1) is 12.5. The third-order valence-corrected chi connectivity index (χ3v) is 3.56. The fourth-order valence-electron chi connectivity index (χ4n) is 2.51. The molecular weight excluding hydrogens is 276 g/mol. The molecule has 5 heteroatoms. The number of rotatable bonds is 2. The van der Waals surface area contributed by atoms with Gasteiger partial charge in [-0.3, -0.25) is 14.8 Å². The summed E-state index contributed by atoms with van der Waals surface area (Å²) < 4.78 is 0. The summed E-state index contributed by atoms with van der Waals surface area (Å²) in [6.45, 7) is 0. The Kier molecular flexibility index (Phi) is 2.83. The van der Waals surface area contributed by atoms with Crippen molar-refractivity contribution >= 4 is 33.5 Å². The van der Waals surface area contributed by atoms with Crippen LogP contribution in [0.25, 0.3) is 21.9 Å². The molecule has 2 aromatic heterocycles. The number of nitrogens with one attached hydrogen (secondary N) is 2. The Balaban J connectivity index is 1.69. The number of nitrogens with zero attached hydrogens (tertiary/aromatic N) is 2. The van der Waals surface area contributed by atoms with Crippen molar-refractivity contribution in [1.82, 2.24) is 15.0 Å². The van der Waals surface area contributed by atoms with E-state index in [1.165, 1.54) is 0 Å². The van der Waals surface area contributed by atoms with Crippen LogP contribution in [0.5, 0.6) is 0 Å². The van der Waals surface area contributed by atoms with Gasteiger partial charge < -0.3 is 10.3 Å². The van der Waals surface area contributed by atoms with Crippen molar-refractivity contribution < 1.29 is 4.79 Å². The lowest BCUT2D eigenvalue weighted by molar-refractivity contribution is 0.102. The monoisotopic (exact) mass is 288 g/mol. The molecule has 0 aliphatic heterocycles. The zero-order valence-electron chi connectivity index (χ0n) is 11.6. The van der Waals surface area contributed by atoms with Crippen molar-refractivity contribution in [3.05, 3.63) is 66.6 Å². The van der Waals surface area contributed by atoms with Crippen LogP contribution in [0.15, 0.2) is 61.1 Å². The Morgan fingerprint density at radius 1 is 1.00 bits per heavy atom. The van der Waals surface area contributed by atoms with Crippen LogP contribution in [0.1, 0.15) is 10.4 Å². The molecule has 0 aliphatic carbocycles. The van der Waals surface area contributed by atoms with Crippen LogP contribution in [-0.2, 0) is 0 Å². The summed E-state index contributed by atoms with van der Waals surface area (Å²) in [4.78, 5) is 24.1. The zero-order valence-corrected chi connectivity index (χ0v) is 11.6. The second-order valence-corrected chi connectivity index (χ2v) is 4.96. The second kappa shape index (κ2) is 4.96. The molecule has 2 N–H and O–H groups in total. The molecular formula is C17H12N4O. The number of carbonyl (C=O) groups excluding carboxylic acids is 1. The van der Waals surface area contributed by atoms with Crippen molar-refractivity contribution in [3.63, 3.8) is 0 Å². The van der Waals surface area contributed by atoms with E-state index in [1.54, 1.807) is 18.5 Å². The minimum absolute atomic E-state index is 0.156. The summed E-state index contributed by atoms with van der Waals surface area (Å²) in [5.41, 5.74) is 3.69. The summed E-state index contributed by atoms with van der Waals surface area (Å²) in [5, 5.41) is 3.92. The number of para-hydroxylation sites is 1. The van der Waals surface area contributed by atoms with Crippen LogP contribution in [-0.4, -0.2) is 20.9 Å². The Bertz CT molecular complexity index is 990. The van der Waals surface area contributed by atoms with E-state index in [2.05, 4.69) is 20.3 Å². The van der Waals surface area contributed by atoms with Gasteiger partial charge in [0, 0.05) is 29.7 Å². The minimum atomic E-state index is -0.156. The lowest BCUT2D eigenvalue weighted by Crippen LogP contribution is -2.12. The molecule has 0 saturated carbocycles. The smallest absolute Gasteiger partial charge is 0.257 e. The lowest BCUT2D eigenvalue weighted by Gasteiger charge is -2.07. The van der Waals surface area contributed by atoms with E-state index in [-0.39, 0.29) is 5.91 Å². The molecule has 4 rings (SSSR count). The Labute approximate surface area is 126 Å². The van der Waals surface area contributed by atoms with E-state index in [0.717, 1.165) is 21.9 Å².